The van der Waals surface area contributed by atoms with E-state index in [1.807, 2.05) is 0 Å². The van der Waals surface area contributed by atoms with E-state index >= 15 is 0 Å². The summed E-state index contributed by atoms with van der Waals surface area (Å²) in [4.78, 5) is 8.05. The molecule has 0 bridgehead atoms. The Labute approximate surface area is 177 Å². The van der Waals surface area contributed by atoms with Crippen LogP contribution in [0.4, 0.5) is 19.1 Å². The first-order chi connectivity index (χ1) is 14.6. The van der Waals surface area contributed by atoms with Crippen LogP contribution in [0.15, 0.2) is 18.5 Å². The highest BCUT2D eigenvalue weighted by atomic mass is 32.2. The molecule has 0 aromatic carbocycles. The Kier molecular flexibility index (Phi) is 7.11. The molecular formula is C17H23F3N6O4S. The smallest absolute Gasteiger partial charge is 0.381 e. The number of nitrogens with one attached hydrogen (secondary N) is 1. The summed E-state index contributed by atoms with van der Waals surface area (Å²) < 4.78 is 79.2. The minimum absolute atomic E-state index is 0.159. The monoisotopic (exact) mass is 464 g/mol. The van der Waals surface area contributed by atoms with Crippen molar-refractivity contribution >= 4 is 16.0 Å². The number of sulfonamides is 1. The summed E-state index contributed by atoms with van der Waals surface area (Å²) in [6, 6.07) is 1.15. The molecule has 10 nitrogen and oxygen atoms in total. The second kappa shape index (κ2) is 9.44. The van der Waals surface area contributed by atoms with Gasteiger partial charge in [0.15, 0.2) is 5.82 Å². The van der Waals surface area contributed by atoms with Crippen LogP contribution in [0.2, 0.25) is 0 Å². The first-order valence-electron chi connectivity index (χ1n) is 9.52. The van der Waals surface area contributed by atoms with E-state index in [2.05, 4.69) is 24.9 Å². The summed E-state index contributed by atoms with van der Waals surface area (Å²) >= 11 is 0. The van der Waals surface area contributed by atoms with Crippen molar-refractivity contribution in [1.82, 2.24) is 24.7 Å². The highest BCUT2D eigenvalue weighted by Crippen LogP contribution is 2.31. The standard InChI is InChI=1S/C17H23F3N6O4S/c1-11(14(29-2)15-21-6-3-7-22-15)31(27,28)25-16-24-23-13(10-17(18,19)20)26(16)12-4-8-30-9-5-12/h3,6-7,11-12,14H,4-5,8-10H2,1-2H3,(H,24,25)/t11-,14-/m0/s1. The molecule has 0 amide bonds. The number of rotatable bonds is 8. The molecular weight excluding hydrogens is 441 g/mol. The van der Waals surface area contributed by atoms with Crippen molar-refractivity contribution < 1.29 is 31.1 Å². The van der Waals surface area contributed by atoms with Gasteiger partial charge >= 0.3 is 6.18 Å². The van der Waals surface area contributed by atoms with E-state index in [0.29, 0.717) is 26.1 Å². The second-order valence-corrected chi connectivity index (χ2v) is 9.10. The molecule has 31 heavy (non-hydrogen) atoms. The van der Waals surface area contributed by atoms with Gasteiger partial charge in [-0.25, -0.2) is 18.4 Å². The lowest BCUT2D eigenvalue weighted by molar-refractivity contribution is -0.129. The minimum Gasteiger partial charge on any atom is -0.381 e. The average molecular weight is 464 g/mol. The van der Waals surface area contributed by atoms with Crippen LogP contribution in [-0.4, -0.2) is 64.9 Å². The Morgan fingerprint density at radius 3 is 2.48 bits per heavy atom. The van der Waals surface area contributed by atoms with Gasteiger partial charge in [0.05, 0.1) is 0 Å². The van der Waals surface area contributed by atoms with Crippen molar-refractivity contribution in [3.8, 4) is 0 Å². The topological polar surface area (TPSA) is 121 Å². The number of ether oxygens (including phenoxy) is 2. The predicted molar refractivity (Wildman–Crippen MR) is 103 cm³/mol. The maximum Gasteiger partial charge on any atom is 0.396 e. The van der Waals surface area contributed by atoms with Gasteiger partial charge in [-0.05, 0) is 25.8 Å². The Morgan fingerprint density at radius 1 is 1.26 bits per heavy atom. The molecule has 2 atom stereocenters. The second-order valence-electron chi connectivity index (χ2n) is 7.06. The van der Waals surface area contributed by atoms with Gasteiger partial charge in [-0.3, -0.25) is 9.29 Å². The van der Waals surface area contributed by atoms with Crippen LogP contribution in [0.1, 0.15) is 43.6 Å². The number of methoxy groups -OCH3 is 1. The summed E-state index contributed by atoms with van der Waals surface area (Å²) in [5.74, 6) is -0.479. The SMILES string of the molecule is CO[C@H](c1ncccn1)[C@H](C)S(=O)(=O)Nc1nnc(CC(F)(F)F)n1C1CCOCC1. The number of alkyl halides is 3. The summed E-state index contributed by atoms with van der Waals surface area (Å²) in [7, 11) is -2.84. The van der Waals surface area contributed by atoms with Crippen molar-refractivity contribution in [2.75, 3.05) is 25.0 Å². The molecule has 1 N–H and O–H groups in total. The third kappa shape index (κ3) is 5.68. The molecule has 2 aromatic rings. The number of anilines is 1. The van der Waals surface area contributed by atoms with Crippen molar-refractivity contribution in [1.29, 1.82) is 0 Å². The summed E-state index contributed by atoms with van der Waals surface area (Å²) in [6.07, 6.45) is -3.14. The maximum absolute atomic E-state index is 13.0. The average Bonchev–Trinajstić information content (AvgIpc) is 3.09. The summed E-state index contributed by atoms with van der Waals surface area (Å²) in [5, 5.41) is 6.15. The zero-order valence-electron chi connectivity index (χ0n) is 16.9. The van der Waals surface area contributed by atoms with E-state index in [1.165, 1.54) is 31.0 Å². The fourth-order valence-corrected chi connectivity index (χ4v) is 4.51. The van der Waals surface area contributed by atoms with E-state index in [0.717, 1.165) is 0 Å². The number of aromatic nitrogens is 5. The first kappa shape index (κ1) is 23.3. The fraction of sp³-hybridized carbons (Fsp3) is 0.647. The first-order valence-corrected chi connectivity index (χ1v) is 11.1. The van der Waals surface area contributed by atoms with Crippen LogP contribution in [-0.2, 0) is 25.9 Å². The Morgan fingerprint density at radius 2 is 1.90 bits per heavy atom. The number of nitrogens with zero attached hydrogens (tertiary/aromatic N) is 5. The van der Waals surface area contributed by atoms with Gasteiger partial charge in [-0.15, -0.1) is 10.2 Å². The lowest BCUT2D eigenvalue weighted by Gasteiger charge is -2.27. The van der Waals surface area contributed by atoms with Crippen LogP contribution in [0.5, 0.6) is 0 Å². The Bertz CT molecular complexity index is 964. The lowest BCUT2D eigenvalue weighted by Crippen LogP contribution is -2.34. The molecule has 14 heteroatoms. The van der Waals surface area contributed by atoms with Crippen molar-refractivity contribution in [3.05, 3.63) is 30.1 Å². The fourth-order valence-electron chi connectivity index (χ4n) is 3.37. The van der Waals surface area contributed by atoms with Gasteiger partial charge in [0.25, 0.3) is 0 Å². The zero-order chi connectivity index (χ0) is 22.6. The zero-order valence-corrected chi connectivity index (χ0v) is 17.7. The summed E-state index contributed by atoms with van der Waals surface area (Å²) in [6.45, 7) is 2.07. The predicted octanol–water partition coefficient (Wildman–Crippen LogP) is 2.04. The highest BCUT2D eigenvalue weighted by Gasteiger charge is 2.37. The van der Waals surface area contributed by atoms with Gasteiger partial charge in [-0.1, -0.05) is 0 Å². The molecule has 0 saturated carbocycles. The van der Waals surface area contributed by atoms with Crippen molar-refractivity contribution in [3.63, 3.8) is 0 Å². The minimum atomic E-state index is -4.52. The molecule has 1 saturated heterocycles. The Hall–Kier alpha value is -2.32. The number of halogens is 3. The van der Waals surface area contributed by atoms with Gasteiger partial charge in [0.2, 0.25) is 16.0 Å². The third-order valence-electron chi connectivity index (χ3n) is 4.92. The maximum atomic E-state index is 13.0. The van der Waals surface area contributed by atoms with Crippen LogP contribution in [0.3, 0.4) is 0 Å². The van der Waals surface area contributed by atoms with E-state index < -0.39 is 40.0 Å². The van der Waals surface area contributed by atoms with E-state index in [9.17, 15) is 21.6 Å². The normalized spacial score (nSPS) is 18.0. The molecule has 0 spiro atoms. The molecule has 1 aliphatic rings. The van der Waals surface area contributed by atoms with E-state index in [1.54, 1.807) is 6.07 Å². The number of hydrogen-bond acceptors (Lipinski definition) is 8. The van der Waals surface area contributed by atoms with Crippen molar-refractivity contribution in [2.24, 2.45) is 0 Å². The third-order valence-corrected chi connectivity index (χ3v) is 6.62. The molecule has 1 fully saturated rings. The van der Waals surface area contributed by atoms with Crippen LogP contribution >= 0.6 is 0 Å². The van der Waals surface area contributed by atoms with E-state index in [-0.39, 0.29) is 17.6 Å². The van der Waals surface area contributed by atoms with Crippen LogP contribution < -0.4 is 4.72 Å². The molecule has 172 valence electrons. The molecule has 0 radical (unpaired) electrons. The molecule has 2 aromatic heterocycles. The van der Waals surface area contributed by atoms with Gasteiger partial charge < -0.3 is 9.47 Å². The van der Waals surface area contributed by atoms with Crippen LogP contribution in [0.25, 0.3) is 0 Å². The molecule has 3 heterocycles. The van der Waals surface area contributed by atoms with Crippen LogP contribution in [0, 0.1) is 0 Å². The molecule has 0 aliphatic carbocycles. The van der Waals surface area contributed by atoms with Gasteiger partial charge in [0, 0.05) is 38.8 Å². The molecule has 3 rings (SSSR count). The van der Waals surface area contributed by atoms with E-state index in [4.69, 9.17) is 9.47 Å². The molecule has 1 aliphatic heterocycles. The summed E-state index contributed by atoms with van der Waals surface area (Å²) in [5.41, 5.74) is 0. The van der Waals surface area contributed by atoms with Gasteiger partial charge in [-0.2, -0.15) is 13.2 Å². The van der Waals surface area contributed by atoms with Gasteiger partial charge in [0.1, 0.15) is 23.6 Å². The quantitative estimate of drug-likeness (QED) is 0.630. The lowest BCUT2D eigenvalue weighted by atomic mass is 10.1. The molecule has 0 unspecified atom stereocenters. The largest absolute Gasteiger partial charge is 0.396 e. The number of hydrogen-bond donors (Lipinski definition) is 1. The Balaban J connectivity index is 1.91. The highest BCUT2D eigenvalue weighted by molar-refractivity contribution is 7.93. The van der Waals surface area contributed by atoms with Crippen molar-refractivity contribution in [2.45, 2.75) is 49.8 Å².